The molecule has 0 unspecified atom stereocenters. The first kappa shape index (κ1) is 18.8. The summed E-state index contributed by atoms with van der Waals surface area (Å²) in [6, 6.07) is 9.16. The van der Waals surface area contributed by atoms with Crippen molar-refractivity contribution in [1.82, 2.24) is 19.1 Å². The SMILES string of the molecule is CN1Cc2cc(Nc3nn(C4(C#N)CCCC4)c4cc[nH]c(=O)c34)ccc2S1(=O)=O. The highest BCUT2D eigenvalue weighted by molar-refractivity contribution is 7.89. The summed E-state index contributed by atoms with van der Waals surface area (Å²) in [5, 5.41) is 18.1. The maximum Gasteiger partial charge on any atom is 0.261 e. The Labute approximate surface area is 173 Å². The van der Waals surface area contributed by atoms with E-state index in [0.717, 1.165) is 12.8 Å². The molecule has 0 amide bonds. The fourth-order valence-corrected chi connectivity index (χ4v) is 5.82. The molecule has 154 valence electrons. The Hall–Kier alpha value is -3.16. The highest BCUT2D eigenvalue weighted by Crippen LogP contribution is 2.39. The molecule has 0 bridgehead atoms. The number of pyridine rings is 1. The molecule has 2 aromatic heterocycles. The number of benzene rings is 1. The average molecular weight is 424 g/mol. The molecule has 1 aliphatic carbocycles. The van der Waals surface area contributed by atoms with Crippen LogP contribution in [0.15, 0.2) is 40.2 Å². The van der Waals surface area contributed by atoms with Crippen molar-refractivity contribution in [3.63, 3.8) is 0 Å². The van der Waals surface area contributed by atoms with E-state index in [1.165, 1.54) is 4.31 Å². The molecule has 2 aliphatic rings. The molecule has 0 radical (unpaired) electrons. The molecule has 1 fully saturated rings. The molecule has 1 aliphatic heterocycles. The number of hydrogen-bond donors (Lipinski definition) is 2. The Balaban J connectivity index is 1.62. The van der Waals surface area contributed by atoms with E-state index < -0.39 is 15.6 Å². The van der Waals surface area contributed by atoms with E-state index in [1.54, 1.807) is 42.2 Å². The second-order valence-electron chi connectivity index (χ2n) is 7.89. The standard InChI is InChI=1S/C20H20N6O3S/c1-25-11-13-10-14(4-5-16(13)30(25,28)29)23-18-17-15(6-9-22-19(17)27)26(24-18)20(12-21)7-2-3-8-20/h4-6,9-10H,2-3,7-8,11H2,1H3,(H,22,27)(H,23,24). The third kappa shape index (κ3) is 2.59. The van der Waals surface area contributed by atoms with Gasteiger partial charge in [-0.3, -0.25) is 4.79 Å². The van der Waals surface area contributed by atoms with Gasteiger partial charge in [0.25, 0.3) is 5.56 Å². The van der Waals surface area contributed by atoms with Gasteiger partial charge < -0.3 is 10.3 Å². The molecule has 3 heterocycles. The fourth-order valence-electron chi connectivity index (χ4n) is 4.48. The van der Waals surface area contributed by atoms with E-state index in [0.29, 0.717) is 47.4 Å². The Morgan fingerprint density at radius 3 is 2.77 bits per heavy atom. The van der Waals surface area contributed by atoms with Crippen molar-refractivity contribution in [3.8, 4) is 6.07 Å². The number of H-pyrrole nitrogens is 1. The maximum atomic E-state index is 12.6. The normalized spacial score (nSPS) is 19.6. The largest absolute Gasteiger partial charge is 0.338 e. The van der Waals surface area contributed by atoms with E-state index in [2.05, 4.69) is 21.5 Å². The number of hydrogen-bond acceptors (Lipinski definition) is 6. The van der Waals surface area contributed by atoms with Gasteiger partial charge in [-0.05, 0) is 55.5 Å². The van der Waals surface area contributed by atoms with Crippen LogP contribution in [0.1, 0.15) is 31.2 Å². The molecule has 30 heavy (non-hydrogen) atoms. The van der Waals surface area contributed by atoms with Crippen molar-refractivity contribution >= 4 is 32.4 Å². The monoisotopic (exact) mass is 424 g/mol. The number of aromatic amines is 1. The molecular formula is C20H20N6O3S. The Morgan fingerprint density at radius 2 is 2.03 bits per heavy atom. The van der Waals surface area contributed by atoms with Crippen molar-refractivity contribution < 1.29 is 8.42 Å². The van der Waals surface area contributed by atoms with Crippen LogP contribution in [-0.4, -0.2) is 34.5 Å². The van der Waals surface area contributed by atoms with Crippen LogP contribution in [0.25, 0.3) is 10.9 Å². The molecular weight excluding hydrogens is 404 g/mol. The van der Waals surface area contributed by atoms with Crippen molar-refractivity contribution in [2.45, 2.75) is 42.7 Å². The third-order valence-corrected chi connectivity index (χ3v) is 7.96. The topological polar surface area (TPSA) is 124 Å². The second-order valence-corrected chi connectivity index (χ2v) is 9.90. The zero-order valence-electron chi connectivity index (χ0n) is 16.3. The van der Waals surface area contributed by atoms with Crippen LogP contribution >= 0.6 is 0 Å². The summed E-state index contributed by atoms with van der Waals surface area (Å²) in [4.78, 5) is 15.6. The molecule has 3 aromatic rings. The highest BCUT2D eigenvalue weighted by Gasteiger charge is 2.39. The Bertz CT molecular complexity index is 1380. The molecule has 2 N–H and O–H groups in total. The zero-order valence-corrected chi connectivity index (χ0v) is 17.2. The van der Waals surface area contributed by atoms with Crippen LogP contribution in [0, 0.1) is 11.3 Å². The fraction of sp³-hybridized carbons (Fsp3) is 0.350. The molecule has 1 aromatic carbocycles. The third-order valence-electron chi connectivity index (χ3n) is 6.05. The number of aromatic nitrogens is 3. The summed E-state index contributed by atoms with van der Waals surface area (Å²) in [7, 11) is -1.90. The van der Waals surface area contributed by atoms with E-state index in [9.17, 15) is 18.5 Å². The van der Waals surface area contributed by atoms with Crippen LogP contribution in [0.3, 0.4) is 0 Å². The van der Waals surface area contributed by atoms with Gasteiger partial charge >= 0.3 is 0 Å². The minimum Gasteiger partial charge on any atom is -0.338 e. The van der Waals surface area contributed by atoms with Crippen molar-refractivity contribution in [2.75, 3.05) is 12.4 Å². The van der Waals surface area contributed by atoms with Crippen molar-refractivity contribution in [2.24, 2.45) is 0 Å². The first-order valence-corrected chi connectivity index (χ1v) is 11.2. The molecule has 10 heteroatoms. The molecule has 0 atom stereocenters. The number of sulfonamides is 1. The molecule has 9 nitrogen and oxygen atoms in total. The summed E-state index contributed by atoms with van der Waals surface area (Å²) < 4.78 is 27.6. The van der Waals surface area contributed by atoms with E-state index in [1.807, 2.05) is 0 Å². The molecule has 0 spiro atoms. The second kappa shape index (κ2) is 6.42. The average Bonchev–Trinajstić information content (AvgIpc) is 3.39. The molecule has 1 saturated carbocycles. The lowest BCUT2D eigenvalue weighted by atomic mass is 10.00. The van der Waals surface area contributed by atoms with Crippen LogP contribution in [0.2, 0.25) is 0 Å². The van der Waals surface area contributed by atoms with Crippen LogP contribution in [0.5, 0.6) is 0 Å². The minimum atomic E-state index is -3.44. The van der Waals surface area contributed by atoms with Gasteiger partial charge in [0.2, 0.25) is 10.0 Å². The van der Waals surface area contributed by atoms with Gasteiger partial charge in [0.15, 0.2) is 5.82 Å². The number of rotatable bonds is 3. The number of fused-ring (bicyclic) bond motifs is 2. The van der Waals surface area contributed by atoms with Gasteiger partial charge in [-0.15, -0.1) is 0 Å². The summed E-state index contributed by atoms with van der Waals surface area (Å²) in [6.45, 7) is 0.292. The van der Waals surface area contributed by atoms with Crippen molar-refractivity contribution in [1.29, 1.82) is 5.26 Å². The number of nitrogens with one attached hydrogen (secondary N) is 2. The lowest BCUT2D eigenvalue weighted by Gasteiger charge is -2.21. The summed E-state index contributed by atoms with van der Waals surface area (Å²) in [6.07, 6.45) is 4.81. The molecule has 5 rings (SSSR count). The summed E-state index contributed by atoms with van der Waals surface area (Å²) in [5.74, 6) is 0.350. The number of anilines is 2. The van der Waals surface area contributed by atoms with E-state index in [4.69, 9.17) is 0 Å². The first-order valence-electron chi connectivity index (χ1n) is 9.74. The predicted octanol–water partition coefficient (Wildman–Crippen LogP) is 2.40. The quantitative estimate of drug-likeness (QED) is 0.665. The lowest BCUT2D eigenvalue weighted by molar-refractivity contribution is 0.368. The van der Waals surface area contributed by atoms with Crippen LogP contribution < -0.4 is 10.9 Å². The maximum absolute atomic E-state index is 12.6. The highest BCUT2D eigenvalue weighted by atomic mass is 32.2. The number of nitriles is 1. The van der Waals surface area contributed by atoms with Crippen LogP contribution in [0.4, 0.5) is 11.5 Å². The Morgan fingerprint density at radius 1 is 1.27 bits per heavy atom. The van der Waals surface area contributed by atoms with Gasteiger partial charge in [-0.25, -0.2) is 13.1 Å². The van der Waals surface area contributed by atoms with Crippen LogP contribution in [-0.2, 0) is 22.1 Å². The van der Waals surface area contributed by atoms with Gasteiger partial charge in [-0.1, -0.05) is 0 Å². The Kier molecular flexibility index (Phi) is 4.03. The first-order chi connectivity index (χ1) is 14.4. The number of nitrogens with zero attached hydrogens (tertiary/aromatic N) is 4. The summed E-state index contributed by atoms with van der Waals surface area (Å²) in [5.41, 5.74) is 0.862. The van der Waals surface area contributed by atoms with Gasteiger partial charge in [0, 0.05) is 25.5 Å². The van der Waals surface area contributed by atoms with Crippen molar-refractivity contribution in [3.05, 3.63) is 46.4 Å². The van der Waals surface area contributed by atoms with Gasteiger partial charge in [0.05, 0.1) is 16.5 Å². The van der Waals surface area contributed by atoms with Gasteiger partial charge in [-0.2, -0.15) is 14.7 Å². The minimum absolute atomic E-state index is 0.290. The predicted molar refractivity (Wildman–Crippen MR) is 111 cm³/mol. The smallest absolute Gasteiger partial charge is 0.261 e. The van der Waals surface area contributed by atoms with E-state index >= 15 is 0 Å². The lowest BCUT2D eigenvalue weighted by Crippen LogP contribution is -2.29. The summed E-state index contributed by atoms with van der Waals surface area (Å²) >= 11 is 0. The zero-order chi connectivity index (χ0) is 21.1. The molecule has 0 saturated heterocycles. The van der Waals surface area contributed by atoms with E-state index in [-0.39, 0.29) is 10.5 Å². The van der Waals surface area contributed by atoms with Gasteiger partial charge in [0.1, 0.15) is 10.9 Å².